The molecule has 3 heterocycles. The zero-order chi connectivity index (χ0) is 14.5. The van der Waals surface area contributed by atoms with Crippen LogP contribution in [0.15, 0.2) is 29.4 Å². The van der Waals surface area contributed by atoms with E-state index in [1.807, 2.05) is 13.8 Å². The number of aromatic nitrogens is 2. The Hall–Kier alpha value is -1.60. The predicted molar refractivity (Wildman–Crippen MR) is 76.8 cm³/mol. The highest BCUT2D eigenvalue weighted by molar-refractivity contribution is 7.89. The molecule has 0 radical (unpaired) electrons. The molecule has 0 saturated carbocycles. The summed E-state index contributed by atoms with van der Waals surface area (Å²) in [5.41, 5.74) is 6.02. The molecule has 0 bridgehead atoms. The molecule has 1 saturated heterocycles. The largest absolute Gasteiger partial charge is 0.381 e. The zero-order valence-electron chi connectivity index (χ0n) is 11.6. The van der Waals surface area contributed by atoms with Crippen LogP contribution in [0.2, 0.25) is 0 Å². The molecule has 3 rings (SSSR count). The van der Waals surface area contributed by atoms with E-state index < -0.39 is 10.0 Å². The van der Waals surface area contributed by atoms with Crippen molar-refractivity contribution in [1.82, 2.24) is 13.7 Å². The first kappa shape index (κ1) is 13.4. The quantitative estimate of drug-likeness (QED) is 0.909. The fourth-order valence-corrected chi connectivity index (χ4v) is 4.91. The number of hydrogen-bond acceptors (Lipinski definition) is 4. The van der Waals surface area contributed by atoms with Gasteiger partial charge in [-0.3, -0.25) is 4.40 Å². The third kappa shape index (κ3) is 1.81. The third-order valence-electron chi connectivity index (χ3n) is 3.87. The van der Waals surface area contributed by atoms with Crippen molar-refractivity contribution in [3.05, 3.63) is 24.4 Å². The minimum atomic E-state index is -3.65. The van der Waals surface area contributed by atoms with Gasteiger partial charge in [-0.1, -0.05) is 6.07 Å². The normalized spacial score (nSPS) is 19.7. The average Bonchev–Trinajstić information content (AvgIpc) is 2.87. The van der Waals surface area contributed by atoms with E-state index in [0.717, 1.165) is 12.8 Å². The van der Waals surface area contributed by atoms with E-state index in [1.54, 1.807) is 28.8 Å². The van der Waals surface area contributed by atoms with Gasteiger partial charge in [-0.15, -0.1) is 0 Å². The Morgan fingerprint density at radius 1 is 1.35 bits per heavy atom. The van der Waals surface area contributed by atoms with Crippen molar-refractivity contribution < 1.29 is 8.42 Å². The van der Waals surface area contributed by atoms with Crippen molar-refractivity contribution in [2.75, 3.05) is 12.3 Å². The Bertz CT molecular complexity index is 764. The molecule has 1 aliphatic rings. The lowest BCUT2D eigenvalue weighted by atomic mass is 10.0. The van der Waals surface area contributed by atoms with Crippen LogP contribution >= 0.6 is 0 Å². The number of imidazole rings is 1. The van der Waals surface area contributed by atoms with Gasteiger partial charge in [0.2, 0.25) is 0 Å². The molecule has 0 amide bonds. The highest BCUT2D eigenvalue weighted by atomic mass is 32.2. The summed E-state index contributed by atoms with van der Waals surface area (Å²) in [5.74, 6) is 0.0545. The summed E-state index contributed by atoms with van der Waals surface area (Å²) in [5, 5.41) is 0.0723. The molecule has 20 heavy (non-hydrogen) atoms. The highest BCUT2D eigenvalue weighted by Gasteiger charge is 2.43. The fraction of sp³-hybridized carbons (Fsp3) is 0.462. The molecule has 7 heteroatoms. The number of nitrogens with zero attached hydrogens (tertiary/aromatic N) is 3. The summed E-state index contributed by atoms with van der Waals surface area (Å²) in [6, 6.07) is 5.31. The monoisotopic (exact) mass is 294 g/mol. The Labute approximate surface area is 118 Å². The number of sulfonamides is 1. The van der Waals surface area contributed by atoms with Crippen LogP contribution in [0, 0.1) is 0 Å². The van der Waals surface area contributed by atoms with Gasteiger partial charge in [0.15, 0.2) is 10.8 Å². The van der Waals surface area contributed by atoms with Crippen molar-refractivity contribution in [3.63, 3.8) is 0 Å². The number of anilines is 1. The zero-order valence-corrected chi connectivity index (χ0v) is 12.4. The molecule has 1 fully saturated rings. The third-order valence-corrected chi connectivity index (χ3v) is 6.02. The number of rotatable bonds is 2. The molecule has 0 spiro atoms. The first-order chi connectivity index (χ1) is 9.34. The molecule has 2 aromatic rings. The van der Waals surface area contributed by atoms with Crippen molar-refractivity contribution in [3.8, 4) is 0 Å². The first-order valence-electron chi connectivity index (χ1n) is 6.59. The van der Waals surface area contributed by atoms with E-state index in [4.69, 9.17) is 5.73 Å². The SMILES string of the molecule is CC1(C)CCCN1S(=O)(=O)c1c(N)nc2ccccn12. The minimum Gasteiger partial charge on any atom is -0.381 e. The summed E-state index contributed by atoms with van der Waals surface area (Å²) in [4.78, 5) is 4.13. The average molecular weight is 294 g/mol. The first-order valence-corrected chi connectivity index (χ1v) is 8.03. The van der Waals surface area contributed by atoms with Crippen LogP contribution in [0.4, 0.5) is 5.82 Å². The second-order valence-corrected chi connectivity index (χ2v) is 7.50. The second kappa shape index (κ2) is 4.20. The lowest BCUT2D eigenvalue weighted by molar-refractivity contribution is 0.291. The van der Waals surface area contributed by atoms with Gasteiger partial charge in [-0.25, -0.2) is 13.4 Å². The molecule has 2 N–H and O–H groups in total. The van der Waals surface area contributed by atoms with Gasteiger partial charge in [-0.2, -0.15) is 4.31 Å². The Balaban J connectivity index is 2.22. The van der Waals surface area contributed by atoms with E-state index in [9.17, 15) is 8.42 Å². The Kier molecular flexibility index (Phi) is 2.81. The maximum Gasteiger partial charge on any atom is 0.263 e. The maximum absolute atomic E-state index is 12.9. The van der Waals surface area contributed by atoms with Crippen LogP contribution in [0.1, 0.15) is 26.7 Å². The molecule has 0 aromatic carbocycles. The molecule has 6 nitrogen and oxygen atoms in total. The summed E-state index contributed by atoms with van der Waals surface area (Å²) in [7, 11) is -3.65. The van der Waals surface area contributed by atoms with Crippen molar-refractivity contribution in [1.29, 1.82) is 0 Å². The number of nitrogen functional groups attached to an aromatic ring is 1. The van der Waals surface area contributed by atoms with E-state index in [1.165, 1.54) is 4.31 Å². The van der Waals surface area contributed by atoms with E-state index in [2.05, 4.69) is 4.98 Å². The van der Waals surface area contributed by atoms with Gasteiger partial charge in [0.1, 0.15) is 5.65 Å². The van der Waals surface area contributed by atoms with Crippen molar-refractivity contribution in [2.45, 2.75) is 37.3 Å². The van der Waals surface area contributed by atoms with E-state index in [0.29, 0.717) is 12.2 Å². The van der Waals surface area contributed by atoms with Gasteiger partial charge >= 0.3 is 0 Å². The van der Waals surface area contributed by atoms with Crippen LogP contribution < -0.4 is 5.73 Å². The maximum atomic E-state index is 12.9. The number of fused-ring (bicyclic) bond motifs is 1. The smallest absolute Gasteiger partial charge is 0.263 e. The summed E-state index contributed by atoms with van der Waals surface area (Å²) in [6.07, 6.45) is 3.39. The topological polar surface area (TPSA) is 80.7 Å². The van der Waals surface area contributed by atoms with Crippen molar-refractivity contribution in [2.24, 2.45) is 0 Å². The lowest BCUT2D eigenvalue weighted by Crippen LogP contribution is -2.43. The molecule has 0 aliphatic carbocycles. The van der Waals surface area contributed by atoms with Crippen molar-refractivity contribution >= 4 is 21.5 Å². The number of hydrogen-bond donors (Lipinski definition) is 1. The summed E-state index contributed by atoms with van der Waals surface area (Å²) >= 11 is 0. The second-order valence-electron chi connectivity index (χ2n) is 5.72. The molecule has 108 valence electrons. The standard InChI is InChI=1S/C13H18N4O2S/c1-13(2)7-5-9-17(13)20(18,19)12-11(14)15-10-6-3-4-8-16(10)12/h3-4,6,8H,5,7,9,14H2,1-2H3. The molecular weight excluding hydrogens is 276 g/mol. The molecular formula is C13H18N4O2S. The summed E-state index contributed by atoms with van der Waals surface area (Å²) < 4.78 is 28.9. The van der Waals surface area contributed by atoms with Crippen LogP contribution in [0.3, 0.4) is 0 Å². The molecule has 2 aromatic heterocycles. The van der Waals surface area contributed by atoms with E-state index in [-0.39, 0.29) is 16.4 Å². The molecule has 1 aliphatic heterocycles. The van der Waals surface area contributed by atoms with Crippen LogP contribution in [-0.2, 0) is 10.0 Å². The van der Waals surface area contributed by atoms with Gasteiger partial charge in [0, 0.05) is 18.3 Å². The van der Waals surface area contributed by atoms with Gasteiger partial charge in [-0.05, 0) is 38.8 Å². The van der Waals surface area contributed by atoms with Gasteiger partial charge < -0.3 is 5.73 Å². The van der Waals surface area contributed by atoms with Gasteiger partial charge in [0.05, 0.1) is 0 Å². The van der Waals surface area contributed by atoms with Crippen LogP contribution in [-0.4, -0.2) is 34.2 Å². The molecule has 0 unspecified atom stereocenters. The van der Waals surface area contributed by atoms with E-state index >= 15 is 0 Å². The lowest BCUT2D eigenvalue weighted by Gasteiger charge is -2.30. The van der Waals surface area contributed by atoms with Crippen LogP contribution in [0.25, 0.3) is 5.65 Å². The highest BCUT2D eigenvalue weighted by Crippen LogP contribution is 2.35. The van der Waals surface area contributed by atoms with Gasteiger partial charge in [0.25, 0.3) is 10.0 Å². The molecule has 0 atom stereocenters. The predicted octanol–water partition coefficient (Wildman–Crippen LogP) is 1.48. The minimum absolute atomic E-state index is 0.0545. The summed E-state index contributed by atoms with van der Waals surface area (Å²) in [6.45, 7) is 4.41. The van der Waals surface area contributed by atoms with Crippen LogP contribution in [0.5, 0.6) is 0 Å². The fourth-order valence-electron chi connectivity index (χ4n) is 2.88. The Morgan fingerprint density at radius 2 is 2.10 bits per heavy atom. The number of nitrogens with two attached hydrogens (primary N) is 1. The number of pyridine rings is 1. The Morgan fingerprint density at radius 3 is 2.75 bits per heavy atom.